The fraction of sp³-hybridized carbons (Fsp3) is 0.938. The average Bonchev–Trinajstić information content (AvgIpc) is 2.60. The molecule has 0 radical (unpaired) electrons. The third-order valence-electron chi connectivity index (χ3n) is 5.00. The van der Waals surface area contributed by atoms with Gasteiger partial charge in [0, 0.05) is 32.2 Å². The maximum atomic E-state index is 12.6. The van der Waals surface area contributed by atoms with Gasteiger partial charge < -0.3 is 10.6 Å². The largest absolute Gasteiger partial charge is 0.511 e. The van der Waals surface area contributed by atoms with E-state index in [2.05, 4.69) is 15.6 Å². The van der Waals surface area contributed by atoms with Crippen LogP contribution in [0, 0.1) is 5.92 Å². The van der Waals surface area contributed by atoms with Crippen molar-refractivity contribution in [1.29, 1.82) is 0 Å². The average molecular weight is 398 g/mol. The van der Waals surface area contributed by atoms with Crippen molar-refractivity contribution < 1.29 is 21.6 Å². The Morgan fingerprint density at radius 3 is 2.27 bits per heavy atom. The van der Waals surface area contributed by atoms with Gasteiger partial charge in [0.1, 0.15) is 0 Å². The second-order valence-corrected chi connectivity index (χ2v) is 8.92. The number of piperidine rings is 1. The van der Waals surface area contributed by atoms with E-state index in [-0.39, 0.29) is 19.0 Å². The minimum atomic E-state index is -5.22. The molecule has 0 amide bonds. The molecule has 0 unspecified atom stereocenters. The SMILES string of the molecule is CCNC(=NCC1CCN(S(=O)(=O)C(F)(F)F)CC1)NC1CCCCC1. The van der Waals surface area contributed by atoms with E-state index in [9.17, 15) is 21.6 Å². The lowest BCUT2D eigenvalue weighted by Crippen LogP contribution is -2.46. The molecule has 0 aromatic rings. The number of rotatable bonds is 5. The minimum Gasteiger partial charge on any atom is -0.357 e. The molecule has 10 heteroatoms. The van der Waals surface area contributed by atoms with Crippen molar-refractivity contribution in [3.05, 3.63) is 0 Å². The molecule has 0 bridgehead atoms. The Labute approximate surface area is 153 Å². The molecule has 0 atom stereocenters. The van der Waals surface area contributed by atoms with E-state index >= 15 is 0 Å². The van der Waals surface area contributed by atoms with Crippen molar-refractivity contribution in [3.63, 3.8) is 0 Å². The van der Waals surface area contributed by atoms with Crippen molar-refractivity contribution >= 4 is 16.0 Å². The molecule has 2 rings (SSSR count). The van der Waals surface area contributed by atoms with Crippen LogP contribution >= 0.6 is 0 Å². The van der Waals surface area contributed by atoms with E-state index in [0.717, 1.165) is 25.3 Å². The zero-order valence-corrected chi connectivity index (χ0v) is 16.0. The number of guanidine groups is 1. The predicted molar refractivity (Wildman–Crippen MR) is 95.3 cm³/mol. The minimum absolute atomic E-state index is 0.0940. The quantitative estimate of drug-likeness (QED) is 0.551. The van der Waals surface area contributed by atoms with Gasteiger partial charge in [0.05, 0.1) is 0 Å². The molecule has 1 heterocycles. The molecule has 6 nitrogen and oxygen atoms in total. The van der Waals surface area contributed by atoms with Gasteiger partial charge in [0.15, 0.2) is 5.96 Å². The molecule has 1 aliphatic heterocycles. The maximum Gasteiger partial charge on any atom is 0.511 e. The van der Waals surface area contributed by atoms with Gasteiger partial charge in [0.25, 0.3) is 0 Å². The number of nitrogens with zero attached hydrogens (tertiary/aromatic N) is 2. The van der Waals surface area contributed by atoms with Crippen LogP contribution in [0.3, 0.4) is 0 Å². The summed E-state index contributed by atoms with van der Waals surface area (Å²) in [5, 5.41) is 6.64. The van der Waals surface area contributed by atoms with Gasteiger partial charge in [0.2, 0.25) is 0 Å². The van der Waals surface area contributed by atoms with E-state index < -0.39 is 15.5 Å². The lowest BCUT2D eigenvalue weighted by molar-refractivity contribution is -0.0496. The third-order valence-corrected chi connectivity index (χ3v) is 6.63. The molecule has 26 heavy (non-hydrogen) atoms. The number of hydrogen-bond donors (Lipinski definition) is 2. The van der Waals surface area contributed by atoms with Crippen molar-refractivity contribution in [3.8, 4) is 0 Å². The van der Waals surface area contributed by atoms with Crippen LogP contribution in [0.1, 0.15) is 51.9 Å². The summed E-state index contributed by atoms with van der Waals surface area (Å²) < 4.78 is 61.2. The second kappa shape index (κ2) is 9.25. The molecule has 2 aliphatic rings. The van der Waals surface area contributed by atoms with Gasteiger partial charge in [-0.05, 0) is 38.5 Å². The second-order valence-electron chi connectivity index (χ2n) is 6.99. The summed E-state index contributed by atoms with van der Waals surface area (Å²) in [6, 6.07) is 0.417. The first-order chi connectivity index (χ1) is 12.2. The van der Waals surface area contributed by atoms with Gasteiger partial charge in [-0.15, -0.1) is 0 Å². The van der Waals surface area contributed by atoms with E-state index in [1.165, 1.54) is 19.3 Å². The molecule has 2 N–H and O–H groups in total. The van der Waals surface area contributed by atoms with Crippen molar-refractivity contribution in [2.45, 2.75) is 63.4 Å². The van der Waals surface area contributed by atoms with Crippen molar-refractivity contribution in [2.75, 3.05) is 26.2 Å². The van der Waals surface area contributed by atoms with Gasteiger partial charge >= 0.3 is 15.5 Å². The zero-order chi connectivity index (χ0) is 19.2. The monoisotopic (exact) mass is 398 g/mol. The smallest absolute Gasteiger partial charge is 0.357 e. The van der Waals surface area contributed by atoms with Crippen molar-refractivity contribution in [1.82, 2.24) is 14.9 Å². The number of nitrogens with one attached hydrogen (secondary N) is 2. The van der Waals surface area contributed by atoms with Crippen LogP contribution in [0.25, 0.3) is 0 Å². The Hall–Kier alpha value is -1.03. The van der Waals surface area contributed by atoms with Crippen LogP contribution in [0.15, 0.2) is 4.99 Å². The maximum absolute atomic E-state index is 12.6. The number of hydrogen-bond acceptors (Lipinski definition) is 3. The highest BCUT2D eigenvalue weighted by Crippen LogP contribution is 2.30. The summed E-state index contributed by atoms with van der Waals surface area (Å²) in [6.07, 6.45) is 6.72. The van der Waals surface area contributed by atoms with E-state index in [1.807, 2.05) is 6.92 Å². The molecule has 0 aromatic heterocycles. The van der Waals surface area contributed by atoms with Gasteiger partial charge in [-0.1, -0.05) is 19.3 Å². The van der Waals surface area contributed by atoms with Crippen LogP contribution in [-0.2, 0) is 10.0 Å². The third kappa shape index (κ3) is 5.73. The number of alkyl halides is 3. The standard InChI is InChI=1S/C16H29F3N4O2S/c1-2-20-15(22-14-6-4-3-5-7-14)21-12-13-8-10-23(11-9-13)26(24,25)16(17,18)19/h13-14H,2-12H2,1H3,(H2,20,21,22). The topological polar surface area (TPSA) is 73.8 Å². The van der Waals surface area contributed by atoms with Crippen LogP contribution in [0.2, 0.25) is 0 Å². The first-order valence-electron chi connectivity index (χ1n) is 9.35. The molecule has 1 saturated carbocycles. The van der Waals surface area contributed by atoms with Crippen LogP contribution in [0.5, 0.6) is 0 Å². The van der Waals surface area contributed by atoms with Crippen LogP contribution in [0.4, 0.5) is 13.2 Å². The highest BCUT2D eigenvalue weighted by atomic mass is 32.2. The van der Waals surface area contributed by atoms with Gasteiger partial charge in [-0.2, -0.15) is 17.5 Å². The molecule has 0 spiro atoms. The molecule has 0 aromatic carbocycles. The summed E-state index contributed by atoms with van der Waals surface area (Å²) in [6.45, 7) is 3.00. The Morgan fingerprint density at radius 2 is 1.73 bits per heavy atom. The van der Waals surface area contributed by atoms with Crippen molar-refractivity contribution in [2.24, 2.45) is 10.9 Å². The molecule has 2 fully saturated rings. The fourth-order valence-electron chi connectivity index (χ4n) is 3.46. The van der Waals surface area contributed by atoms with E-state index in [0.29, 0.717) is 29.7 Å². The number of sulfonamides is 1. The summed E-state index contributed by atoms with van der Waals surface area (Å²) in [5.74, 6) is 0.834. The summed E-state index contributed by atoms with van der Waals surface area (Å²) in [5.41, 5.74) is -5.22. The zero-order valence-electron chi connectivity index (χ0n) is 15.2. The van der Waals surface area contributed by atoms with E-state index in [4.69, 9.17) is 0 Å². The van der Waals surface area contributed by atoms with Crippen LogP contribution in [-0.4, -0.2) is 56.4 Å². The molecular weight excluding hydrogens is 369 g/mol. The normalized spacial score (nSPS) is 22.4. The number of aliphatic imine (C=N–C) groups is 1. The summed E-state index contributed by atoms with van der Waals surface area (Å²) in [4.78, 5) is 4.57. The lowest BCUT2D eigenvalue weighted by Gasteiger charge is -2.31. The summed E-state index contributed by atoms with van der Waals surface area (Å²) >= 11 is 0. The Bertz CT molecular complexity index is 567. The molecule has 1 saturated heterocycles. The first kappa shape index (κ1) is 21.3. The lowest BCUT2D eigenvalue weighted by atomic mass is 9.96. The highest BCUT2D eigenvalue weighted by Gasteiger charge is 2.50. The van der Waals surface area contributed by atoms with Gasteiger partial charge in [-0.3, -0.25) is 4.99 Å². The Kier molecular flexibility index (Phi) is 7.57. The van der Waals surface area contributed by atoms with Crippen LogP contribution < -0.4 is 10.6 Å². The molecule has 152 valence electrons. The number of halogens is 3. The first-order valence-corrected chi connectivity index (χ1v) is 10.8. The summed E-state index contributed by atoms with van der Waals surface area (Å²) in [7, 11) is -5.21. The fourth-order valence-corrected chi connectivity index (χ4v) is 4.44. The van der Waals surface area contributed by atoms with E-state index in [1.54, 1.807) is 0 Å². The van der Waals surface area contributed by atoms with Gasteiger partial charge in [-0.25, -0.2) is 8.42 Å². The molecular formula is C16H29F3N4O2S. The molecule has 1 aliphatic carbocycles. The Balaban J connectivity index is 1.85. The Morgan fingerprint density at radius 1 is 1.12 bits per heavy atom. The highest BCUT2D eigenvalue weighted by molar-refractivity contribution is 7.90. The predicted octanol–water partition coefficient (Wildman–Crippen LogP) is 2.44.